The molecule has 0 bridgehead atoms. The van der Waals surface area contributed by atoms with Gasteiger partial charge in [0, 0.05) is 24.1 Å². The van der Waals surface area contributed by atoms with Crippen LogP contribution < -0.4 is 4.74 Å². The summed E-state index contributed by atoms with van der Waals surface area (Å²) in [6.45, 7) is 4.19. The summed E-state index contributed by atoms with van der Waals surface area (Å²) in [4.78, 5) is 14.2. The predicted molar refractivity (Wildman–Crippen MR) is 125 cm³/mol. The summed E-state index contributed by atoms with van der Waals surface area (Å²) < 4.78 is 5.72. The number of fused-ring (bicyclic) bond motifs is 3. The highest BCUT2D eigenvalue weighted by atomic mass is 32.1. The minimum Gasteiger partial charge on any atom is -0.490 e. The summed E-state index contributed by atoms with van der Waals surface area (Å²) in [6.07, 6.45) is 1.32. The normalized spacial score (nSPS) is 19.0. The van der Waals surface area contributed by atoms with E-state index in [0.717, 1.165) is 33.1 Å². The SMILES string of the molecule is CC(C)Oc1ccc(-c2nnc(-c3cccc4c3CC3CC(=O)N(CCO)C43)s2)cc1C#N. The highest BCUT2D eigenvalue weighted by molar-refractivity contribution is 7.17. The first-order valence-corrected chi connectivity index (χ1v) is 11.9. The number of aliphatic hydroxyl groups is 1. The third-order valence-corrected chi connectivity index (χ3v) is 7.25. The average Bonchev–Trinajstić information content (AvgIpc) is 3.49. The van der Waals surface area contributed by atoms with Crippen LogP contribution in [0, 0.1) is 17.2 Å². The van der Waals surface area contributed by atoms with Gasteiger partial charge >= 0.3 is 0 Å². The monoisotopic (exact) mass is 460 g/mol. The lowest BCUT2D eigenvalue weighted by atomic mass is 10.0. The van der Waals surface area contributed by atoms with E-state index in [-0.39, 0.29) is 30.6 Å². The second-order valence-electron chi connectivity index (χ2n) is 8.70. The molecule has 2 heterocycles. The van der Waals surface area contributed by atoms with Crippen LogP contribution in [-0.2, 0) is 11.2 Å². The van der Waals surface area contributed by atoms with Gasteiger partial charge in [0.15, 0.2) is 0 Å². The highest BCUT2D eigenvalue weighted by Crippen LogP contribution is 2.49. The molecule has 7 nitrogen and oxygen atoms in total. The number of hydrogen-bond acceptors (Lipinski definition) is 7. The van der Waals surface area contributed by atoms with Crippen LogP contribution in [0.5, 0.6) is 5.75 Å². The second-order valence-corrected chi connectivity index (χ2v) is 9.68. The van der Waals surface area contributed by atoms with Crippen molar-refractivity contribution < 1.29 is 14.6 Å². The fraction of sp³-hybridized carbons (Fsp3) is 0.360. The molecule has 8 heteroatoms. The average molecular weight is 461 g/mol. The van der Waals surface area contributed by atoms with Crippen LogP contribution in [0.3, 0.4) is 0 Å². The van der Waals surface area contributed by atoms with Crippen LogP contribution in [0.1, 0.15) is 43.0 Å². The molecule has 5 rings (SSSR count). The van der Waals surface area contributed by atoms with Gasteiger partial charge in [0.05, 0.1) is 24.3 Å². The van der Waals surface area contributed by atoms with Gasteiger partial charge in [-0.25, -0.2) is 0 Å². The van der Waals surface area contributed by atoms with Crippen molar-refractivity contribution in [3.63, 3.8) is 0 Å². The number of hydrogen-bond donors (Lipinski definition) is 1. The lowest BCUT2D eigenvalue weighted by molar-refractivity contribution is -0.129. The van der Waals surface area contributed by atoms with Crippen molar-refractivity contribution in [1.29, 1.82) is 5.26 Å². The summed E-state index contributed by atoms with van der Waals surface area (Å²) >= 11 is 1.49. The van der Waals surface area contributed by atoms with Gasteiger partial charge in [0.1, 0.15) is 21.8 Å². The number of amides is 1. The molecule has 1 aromatic heterocycles. The van der Waals surface area contributed by atoms with Crippen LogP contribution >= 0.6 is 11.3 Å². The molecule has 0 radical (unpaired) electrons. The van der Waals surface area contributed by atoms with E-state index in [1.165, 1.54) is 16.9 Å². The minimum absolute atomic E-state index is 0.0145. The van der Waals surface area contributed by atoms with Gasteiger partial charge in [0.2, 0.25) is 5.91 Å². The van der Waals surface area contributed by atoms with E-state index in [9.17, 15) is 15.2 Å². The molecule has 2 aromatic carbocycles. The van der Waals surface area contributed by atoms with Gasteiger partial charge in [-0.05, 0) is 55.5 Å². The maximum atomic E-state index is 12.4. The van der Waals surface area contributed by atoms with E-state index in [0.29, 0.717) is 24.3 Å². The topological polar surface area (TPSA) is 99.3 Å². The van der Waals surface area contributed by atoms with E-state index in [1.54, 1.807) is 6.07 Å². The van der Waals surface area contributed by atoms with E-state index < -0.39 is 0 Å². The van der Waals surface area contributed by atoms with E-state index >= 15 is 0 Å². The Morgan fingerprint density at radius 2 is 2.06 bits per heavy atom. The Kier molecular flexibility index (Phi) is 5.60. The Morgan fingerprint density at radius 1 is 1.24 bits per heavy atom. The van der Waals surface area contributed by atoms with Gasteiger partial charge in [-0.3, -0.25) is 4.79 Å². The number of β-amino-alcohol motifs (C(OH)–C–C–N with tert-alkyl or cyclic N) is 1. The third-order valence-electron chi connectivity index (χ3n) is 6.24. The van der Waals surface area contributed by atoms with Crippen molar-refractivity contribution in [2.24, 2.45) is 5.92 Å². The predicted octanol–water partition coefficient (Wildman–Crippen LogP) is 3.97. The van der Waals surface area contributed by atoms with Crippen LogP contribution in [0.4, 0.5) is 0 Å². The molecule has 1 amide bonds. The molecule has 1 saturated heterocycles. The highest BCUT2D eigenvalue weighted by Gasteiger charge is 2.46. The lowest BCUT2D eigenvalue weighted by Crippen LogP contribution is -2.30. The van der Waals surface area contributed by atoms with E-state index in [2.05, 4.69) is 28.4 Å². The molecule has 168 valence electrons. The van der Waals surface area contributed by atoms with E-state index in [4.69, 9.17) is 4.74 Å². The van der Waals surface area contributed by atoms with Crippen molar-refractivity contribution >= 4 is 17.2 Å². The molecular weight excluding hydrogens is 436 g/mol. The van der Waals surface area contributed by atoms with Gasteiger partial charge in [0.25, 0.3) is 0 Å². The molecule has 1 N–H and O–H groups in total. The largest absolute Gasteiger partial charge is 0.490 e. The first-order chi connectivity index (χ1) is 16.0. The molecule has 3 aromatic rings. The molecule has 2 aliphatic rings. The first kappa shape index (κ1) is 21.6. The summed E-state index contributed by atoms with van der Waals surface area (Å²) in [5.41, 5.74) is 4.71. The number of nitriles is 1. The van der Waals surface area contributed by atoms with Crippen molar-refractivity contribution in [2.75, 3.05) is 13.2 Å². The Hall–Kier alpha value is -3.28. The van der Waals surface area contributed by atoms with Gasteiger partial charge < -0.3 is 14.7 Å². The summed E-state index contributed by atoms with van der Waals surface area (Å²) in [6, 6.07) is 13.9. The fourth-order valence-electron chi connectivity index (χ4n) is 4.97. The molecule has 2 unspecified atom stereocenters. The molecule has 1 fully saturated rings. The number of likely N-dealkylation sites (tertiary alicyclic amines) is 1. The molecule has 0 spiro atoms. The maximum absolute atomic E-state index is 12.4. The van der Waals surface area contributed by atoms with Crippen LogP contribution in [0.25, 0.3) is 21.1 Å². The number of aromatic nitrogens is 2. The zero-order valence-corrected chi connectivity index (χ0v) is 19.3. The molecule has 1 aliphatic carbocycles. The van der Waals surface area contributed by atoms with Crippen LogP contribution in [0.15, 0.2) is 36.4 Å². The number of nitrogens with zero attached hydrogens (tertiary/aromatic N) is 4. The van der Waals surface area contributed by atoms with E-state index in [1.807, 2.05) is 36.9 Å². The van der Waals surface area contributed by atoms with Crippen LogP contribution in [-0.4, -0.2) is 45.4 Å². The van der Waals surface area contributed by atoms with Gasteiger partial charge in [-0.15, -0.1) is 10.2 Å². The third kappa shape index (κ3) is 3.77. The number of ether oxygens (including phenoxy) is 1. The number of carbonyl (C=O) groups is 1. The smallest absolute Gasteiger partial charge is 0.223 e. The van der Waals surface area contributed by atoms with Crippen LogP contribution in [0.2, 0.25) is 0 Å². The summed E-state index contributed by atoms with van der Waals surface area (Å²) in [5, 5.41) is 29.4. The van der Waals surface area contributed by atoms with Crippen molar-refractivity contribution in [1.82, 2.24) is 15.1 Å². The molecular formula is C25H24N4O3S. The van der Waals surface area contributed by atoms with Crippen molar-refractivity contribution in [3.8, 4) is 33.0 Å². The zero-order valence-electron chi connectivity index (χ0n) is 18.5. The maximum Gasteiger partial charge on any atom is 0.223 e. The lowest BCUT2D eigenvalue weighted by Gasteiger charge is -2.24. The molecule has 0 saturated carbocycles. The van der Waals surface area contributed by atoms with Gasteiger partial charge in [-0.2, -0.15) is 5.26 Å². The first-order valence-electron chi connectivity index (χ1n) is 11.1. The summed E-state index contributed by atoms with van der Waals surface area (Å²) in [5.74, 6) is 0.918. The Balaban J connectivity index is 1.48. The quantitative estimate of drug-likeness (QED) is 0.598. The Labute approximate surface area is 196 Å². The molecule has 1 aliphatic heterocycles. The Bertz CT molecular complexity index is 1260. The summed E-state index contributed by atoms with van der Waals surface area (Å²) in [7, 11) is 0. The number of aliphatic hydroxyl groups excluding tert-OH is 1. The fourth-order valence-corrected chi connectivity index (χ4v) is 5.86. The van der Waals surface area contributed by atoms with Crippen molar-refractivity contribution in [2.45, 2.75) is 38.8 Å². The standard InChI is InChI=1S/C25H24N4O3S/c1-14(2)32-21-7-6-15(10-17(21)13-26)24-27-28-25(33-24)19-5-3-4-18-20(19)11-16-12-22(31)29(8-9-30)23(16)18/h3-7,10,14,16,23,30H,8-9,11-12H2,1-2H3. The molecule has 2 atom stereocenters. The molecule has 33 heavy (non-hydrogen) atoms. The number of rotatable bonds is 6. The second kappa shape index (κ2) is 8.58. The number of carbonyl (C=O) groups excluding carboxylic acids is 1. The Morgan fingerprint density at radius 3 is 2.82 bits per heavy atom. The zero-order chi connectivity index (χ0) is 23.1. The van der Waals surface area contributed by atoms with Crippen molar-refractivity contribution in [3.05, 3.63) is 53.1 Å². The number of benzene rings is 2. The minimum atomic E-state index is -0.0323. The van der Waals surface area contributed by atoms with Gasteiger partial charge in [-0.1, -0.05) is 29.5 Å².